The van der Waals surface area contributed by atoms with Gasteiger partial charge in [0.25, 0.3) is 0 Å². The number of nitrogens with one attached hydrogen (secondary N) is 3. The molecule has 0 spiro atoms. The van der Waals surface area contributed by atoms with E-state index in [1.165, 1.54) is 19.3 Å². The summed E-state index contributed by atoms with van der Waals surface area (Å²) in [5.41, 5.74) is 0. The summed E-state index contributed by atoms with van der Waals surface area (Å²) in [4.78, 5) is 0. The Morgan fingerprint density at radius 2 is 1.33 bits per heavy atom. The van der Waals surface area contributed by atoms with Gasteiger partial charge in [-0.3, -0.25) is 0 Å². The molecule has 0 bridgehead atoms. The van der Waals surface area contributed by atoms with Crippen molar-refractivity contribution < 1.29 is 17.1 Å². The second-order valence-electron chi connectivity index (χ2n) is 8.17. The van der Waals surface area contributed by atoms with Crippen LogP contribution in [0.2, 0.25) is 11.5 Å². The van der Waals surface area contributed by atoms with Gasteiger partial charge in [0.15, 0.2) is 0 Å². The van der Waals surface area contributed by atoms with Crippen LogP contribution < -0.4 is 9.78 Å². The normalized spacial score (nSPS) is 20.5. The molecule has 3 N–H and O–H groups in total. The average Bonchev–Trinajstić information content (AvgIpc) is 3.09. The monoisotopic (exact) mass is 476 g/mol. The van der Waals surface area contributed by atoms with E-state index in [0.717, 1.165) is 6.42 Å². The molecule has 0 fully saturated rings. The van der Waals surface area contributed by atoms with Crippen LogP contribution in [-0.4, -0.2) is 28.7 Å². The van der Waals surface area contributed by atoms with Gasteiger partial charge in [0.2, 0.25) is 0 Å². The molecule has 0 saturated carbocycles. The molecule has 3 nitrogen and oxygen atoms in total. The fourth-order valence-electron chi connectivity index (χ4n) is 3.95. The third kappa shape index (κ3) is 4.74. The molecule has 5 heteroatoms. The van der Waals surface area contributed by atoms with Crippen molar-refractivity contribution in [1.82, 2.24) is 9.78 Å². The fraction of sp³-hybridized carbons (Fsp3) is 0.789. The maximum atomic E-state index is 4.33. The van der Waals surface area contributed by atoms with Crippen molar-refractivity contribution in [3.05, 3.63) is 21.5 Å². The number of rotatable bonds is 11. The van der Waals surface area contributed by atoms with E-state index in [-0.39, 0.29) is 0 Å². The van der Waals surface area contributed by atoms with Crippen molar-refractivity contribution in [2.75, 3.05) is 0 Å². The standard InChI is InChI=1S/C5H5.3C4H10N.C2H7Ge.Zr/c1-2-4-5-3-1;3*1-3-4(2)5;1-3-2;/h1-3H,4H2;3*4-5H,3H2,1-2H3;3H,1-2H3;/q;3*-1;;+3. The predicted molar refractivity (Wildman–Crippen MR) is 109 cm³/mol. The molecule has 0 aromatic rings. The Labute approximate surface area is 155 Å². The molecule has 3 atom stereocenters. The van der Waals surface area contributed by atoms with E-state index in [4.69, 9.17) is 0 Å². The van der Waals surface area contributed by atoms with Crippen LogP contribution in [0, 0.1) is 0 Å². The Morgan fingerprint density at radius 1 is 0.917 bits per heavy atom. The van der Waals surface area contributed by atoms with Crippen LogP contribution >= 0.6 is 0 Å². The van der Waals surface area contributed by atoms with E-state index in [1.54, 1.807) is 3.28 Å². The second-order valence-corrected chi connectivity index (χ2v) is 52.3. The molecule has 3 unspecified atom stereocenters. The Hall–Kier alpha value is 0.786. The number of hydrogen-bond acceptors (Lipinski definition) is 3. The van der Waals surface area contributed by atoms with Crippen LogP contribution in [-0.2, 0) is 17.1 Å². The van der Waals surface area contributed by atoms with E-state index in [9.17, 15) is 0 Å². The van der Waals surface area contributed by atoms with Gasteiger partial charge in [-0.1, -0.05) is 0 Å². The van der Waals surface area contributed by atoms with Crippen LogP contribution in [0.1, 0.15) is 67.2 Å². The van der Waals surface area contributed by atoms with Crippen molar-refractivity contribution in [1.29, 1.82) is 0 Å². The van der Waals surface area contributed by atoms with Gasteiger partial charge in [-0.2, -0.15) is 0 Å². The van der Waals surface area contributed by atoms with Crippen LogP contribution in [0.4, 0.5) is 0 Å². The first-order chi connectivity index (χ1) is 11.2. The van der Waals surface area contributed by atoms with Gasteiger partial charge >= 0.3 is 156 Å². The number of hydrogen-bond donors (Lipinski definition) is 3. The second kappa shape index (κ2) is 9.64. The van der Waals surface area contributed by atoms with Gasteiger partial charge in [-0.15, -0.1) is 0 Å². The molecule has 0 aromatic carbocycles. The molecular formula is C19H42GeN3Zr. The molecule has 0 amide bonds. The van der Waals surface area contributed by atoms with Crippen molar-refractivity contribution >= 4 is 10.6 Å². The van der Waals surface area contributed by atoms with Gasteiger partial charge in [0, 0.05) is 0 Å². The maximum absolute atomic E-state index is 4.33. The summed E-state index contributed by atoms with van der Waals surface area (Å²) in [6.45, 7) is 14.0. The summed E-state index contributed by atoms with van der Waals surface area (Å²) in [5.74, 6) is 5.22. The molecule has 1 aliphatic rings. The van der Waals surface area contributed by atoms with Crippen LogP contribution in [0.5, 0.6) is 0 Å². The fourth-order valence-corrected chi connectivity index (χ4v) is 56.6. The topological polar surface area (TPSA) is 36.1 Å². The van der Waals surface area contributed by atoms with Gasteiger partial charge in [-0.25, -0.2) is 0 Å². The first kappa shape index (κ1) is 22.8. The number of allylic oxidation sites excluding steroid dienone is 4. The summed E-state index contributed by atoms with van der Waals surface area (Å²) >= 11 is -3.67. The first-order valence-electron chi connectivity index (χ1n) is 10.1. The van der Waals surface area contributed by atoms with E-state index < -0.39 is 27.7 Å². The zero-order valence-electron chi connectivity index (χ0n) is 17.4. The van der Waals surface area contributed by atoms with Gasteiger partial charge in [-0.05, 0) is 0 Å². The summed E-state index contributed by atoms with van der Waals surface area (Å²) in [5, 5.41) is 0. The van der Waals surface area contributed by atoms with Crippen LogP contribution in [0.15, 0.2) is 21.5 Å². The summed E-state index contributed by atoms with van der Waals surface area (Å²) in [6.07, 6.45) is 11.8. The van der Waals surface area contributed by atoms with Crippen molar-refractivity contribution in [2.45, 2.75) is 96.9 Å². The molecule has 141 valence electrons. The van der Waals surface area contributed by atoms with Crippen LogP contribution in [0.3, 0.4) is 0 Å². The molecule has 0 aliphatic heterocycles. The van der Waals surface area contributed by atoms with Gasteiger partial charge in [0.05, 0.1) is 0 Å². The zero-order chi connectivity index (χ0) is 18.4. The zero-order valence-corrected chi connectivity index (χ0v) is 22.3. The van der Waals surface area contributed by atoms with E-state index in [1.807, 2.05) is 0 Å². The Morgan fingerprint density at radius 3 is 1.58 bits per heavy atom. The van der Waals surface area contributed by atoms with E-state index in [2.05, 4.69) is 81.1 Å². The molecule has 0 radical (unpaired) electrons. The van der Waals surface area contributed by atoms with Crippen LogP contribution in [0.25, 0.3) is 0 Å². The third-order valence-corrected chi connectivity index (χ3v) is 63.5. The Bertz CT molecular complexity index is 427. The summed E-state index contributed by atoms with van der Waals surface area (Å²) in [7, 11) is -1.62. The van der Waals surface area contributed by atoms with E-state index in [0.29, 0.717) is 18.1 Å². The molecular weight excluding hydrogens is 434 g/mol. The molecule has 0 saturated heterocycles. The Kier molecular flexibility index (Phi) is 9.17. The summed E-state index contributed by atoms with van der Waals surface area (Å²) < 4.78 is 14.7. The third-order valence-electron chi connectivity index (χ3n) is 6.07. The molecule has 24 heavy (non-hydrogen) atoms. The van der Waals surface area contributed by atoms with Gasteiger partial charge in [0.1, 0.15) is 0 Å². The molecule has 0 aromatic heterocycles. The minimum atomic E-state index is -3.67. The van der Waals surface area contributed by atoms with E-state index >= 15 is 0 Å². The molecule has 1 rings (SSSR count). The first-order valence-corrected chi connectivity index (χ1v) is 28.5. The van der Waals surface area contributed by atoms with Crippen molar-refractivity contribution in [3.63, 3.8) is 0 Å². The predicted octanol–water partition coefficient (Wildman–Crippen LogP) is 4.41. The quantitative estimate of drug-likeness (QED) is 0.387. The van der Waals surface area contributed by atoms with Crippen molar-refractivity contribution in [3.8, 4) is 0 Å². The van der Waals surface area contributed by atoms with Gasteiger partial charge < -0.3 is 0 Å². The average molecular weight is 476 g/mol. The molecule has 1 aliphatic carbocycles. The molecule has 0 heterocycles. The summed E-state index contributed by atoms with van der Waals surface area (Å²) in [6, 6.07) is 1.66. The van der Waals surface area contributed by atoms with Crippen molar-refractivity contribution in [2.24, 2.45) is 0 Å². The SMILES string of the molecule is CCC(C)[NH][Zr]([NH]C(C)CC)([NH]C(C)CC)([C]1=CC=CC1)[GeH]([CH3])[CH3]. The minimum absolute atomic E-state index is 0.554. The Balaban J connectivity index is 3.54.